The Balaban J connectivity index is 1.81. The summed E-state index contributed by atoms with van der Waals surface area (Å²) in [5.74, 6) is 2.24. The maximum atomic E-state index is 13.2. The fourth-order valence-corrected chi connectivity index (χ4v) is 2.92. The van der Waals surface area contributed by atoms with Gasteiger partial charge in [0.2, 0.25) is 0 Å². The van der Waals surface area contributed by atoms with Crippen LogP contribution in [0.15, 0.2) is 30.3 Å². The van der Waals surface area contributed by atoms with E-state index in [4.69, 9.17) is 0 Å². The van der Waals surface area contributed by atoms with Crippen LogP contribution < -0.4 is 10.6 Å². The Morgan fingerprint density at radius 1 is 1.17 bits per heavy atom. The third-order valence-corrected chi connectivity index (χ3v) is 4.47. The van der Waals surface area contributed by atoms with Crippen LogP contribution in [0, 0.1) is 11.7 Å². The molecular weight excluding hydrogens is 303 g/mol. The maximum absolute atomic E-state index is 13.2. The monoisotopic (exact) mass is 328 g/mol. The molecular formula is C19H25FN4. The van der Waals surface area contributed by atoms with Crippen LogP contribution in [-0.4, -0.2) is 29.6 Å². The summed E-state index contributed by atoms with van der Waals surface area (Å²) < 4.78 is 13.2. The van der Waals surface area contributed by atoms with E-state index in [-0.39, 0.29) is 5.82 Å². The van der Waals surface area contributed by atoms with Crippen LogP contribution in [0.1, 0.15) is 38.3 Å². The van der Waals surface area contributed by atoms with E-state index in [2.05, 4.69) is 34.4 Å². The van der Waals surface area contributed by atoms with Crippen LogP contribution in [-0.2, 0) is 0 Å². The van der Waals surface area contributed by atoms with Gasteiger partial charge in [-0.25, -0.2) is 14.4 Å². The van der Waals surface area contributed by atoms with Crippen molar-refractivity contribution in [1.29, 1.82) is 0 Å². The minimum atomic E-state index is -0.247. The molecule has 0 radical (unpaired) electrons. The molecule has 1 aliphatic rings. The fraction of sp³-hybridized carbons (Fsp3) is 0.474. The van der Waals surface area contributed by atoms with Gasteiger partial charge in [0.05, 0.1) is 0 Å². The first kappa shape index (κ1) is 16.8. The number of halogens is 1. The predicted molar refractivity (Wildman–Crippen MR) is 95.6 cm³/mol. The molecule has 1 saturated heterocycles. The summed E-state index contributed by atoms with van der Waals surface area (Å²) in [5, 5.41) is 6.87. The van der Waals surface area contributed by atoms with E-state index in [1.54, 1.807) is 12.1 Å². The van der Waals surface area contributed by atoms with Gasteiger partial charge < -0.3 is 10.6 Å². The third-order valence-electron chi connectivity index (χ3n) is 4.47. The first-order chi connectivity index (χ1) is 11.6. The van der Waals surface area contributed by atoms with Crippen LogP contribution >= 0.6 is 0 Å². The van der Waals surface area contributed by atoms with Crippen molar-refractivity contribution in [2.24, 2.45) is 5.92 Å². The molecule has 2 N–H and O–H groups in total. The molecule has 0 bridgehead atoms. The van der Waals surface area contributed by atoms with Crippen molar-refractivity contribution in [3.63, 3.8) is 0 Å². The number of nitrogens with zero attached hydrogens (tertiary/aromatic N) is 2. The average molecular weight is 328 g/mol. The Morgan fingerprint density at radius 3 is 2.54 bits per heavy atom. The Labute approximate surface area is 142 Å². The highest BCUT2D eigenvalue weighted by Gasteiger charge is 2.14. The second kappa shape index (κ2) is 7.71. The van der Waals surface area contributed by atoms with E-state index < -0.39 is 0 Å². The molecule has 1 aromatic carbocycles. The number of rotatable bonds is 5. The zero-order valence-electron chi connectivity index (χ0n) is 14.3. The molecule has 0 aliphatic carbocycles. The van der Waals surface area contributed by atoms with Gasteiger partial charge in [0.25, 0.3) is 0 Å². The van der Waals surface area contributed by atoms with E-state index >= 15 is 0 Å². The average Bonchev–Trinajstić information content (AvgIpc) is 2.61. The lowest BCUT2D eigenvalue weighted by molar-refractivity contribution is 0.389. The molecule has 0 atom stereocenters. The van der Waals surface area contributed by atoms with Crippen molar-refractivity contribution in [1.82, 2.24) is 15.3 Å². The van der Waals surface area contributed by atoms with Gasteiger partial charge in [-0.05, 0) is 62.0 Å². The molecule has 2 heterocycles. The van der Waals surface area contributed by atoms with Gasteiger partial charge in [0.1, 0.15) is 11.6 Å². The van der Waals surface area contributed by atoms with Gasteiger partial charge in [-0.2, -0.15) is 0 Å². The van der Waals surface area contributed by atoms with Crippen molar-refractivity contribution < 1.29 is 4.39 Å². The molecule has 1 aliphatic heterocycles. The highest BCUT2D eigenvalue weighted by atomic mass is 19.1. The van der Waals surface area contributed by atoms with Crippen molar-refractivity contribution in [2.75, 3.05) is 25.0 Å². The van der Waals surface area contributed by atoms with Crippen molar-refractivity contribution >= 4 is 5.82 Å². The number of aromatic nitrogens is 2. The molecule has 0 saturated carbocycles. The third kappa shape index (κ3) is 4.29. The van der Waals surface area contributed by atoms with E-state index in [9.17, 15) is 4.39 Å². The molecule has 4 nitrogen and oxygen atoms in total. The van der Waals surface area contributed by atoms with Gasteiger partial charge >= 0.3 is 0 Å². The summed E-state index contributed by atoms with van der Waals surface area (Å²) in [6.07, 6.45) is 2.39. The second-order valence-corrected chi connectivity index (χ2v) is 6.74. The Morgan fingerprint density at radius 2 is 1.88 bits per heavy atom. The lowest BCUT2D eigenvalue weighted by atomic mass is 9.98. The minimum absolute atomic E-state index is 0.247. The van der Waals surface area contributed by atoms with Gasteiger partial charge in [-0.3, -0.25) is 0 Å². The number of hydrogen-bond acceptors (Lipinski definition) is 4. The van der Waals surface area contributed by atoms with Crippen LogP contribution in [0.4, 0.5) is 10.2 Å². The molecule has 5 heteroatoms. The second-order valence-electron chi connectivity index (χ2n) is 6.74. The topological polar surface area (TPSA) is 49.8 Å². The smallest absolute Gasteiger partial charge is 0.161 e. The Bertz CT molecular complexity index is 664. The lowest BCUT2D eigenvalue weighted by Crippen LogP contribution is -2.31. The zero-order chi connectivity index (χ0) is 16.9. The standard InChI is InChI=1S/C19H25FN4/c1-13(2)17-11-18(22-12-14-7-9-21-10-8-14)24-19(23-17)15-3-5-16(20)6-4-15/h3-6,11,13-14,21H,7-10,12H2,1-2H3,(H,22,23,24). The van der Waals surface area contributed by atoms with Crippen LogP contribution in [0.3, 0.4) is 0 Å². The summed E-state index contributed by atoms with van der Waals surface area (Å²) in [4.78, 5) is 9.28. The summed E-state index contributed by atoms with van der Waals surface area (Å²) in [6, 6.07) is 8.38. The van der Waals surface area contributed by atoms with Crippen LogP contribution in [0.5, 0.6) is 0 Å². The molecule has 0 spiro atoms. The largest absolute Gasteiger partial charge is 0.370 e. The molecule has 3 rings (SSSR count). The zero-order valence-corrected chi connectivity index (χ0v) is 14.3. The van der Waals surface area contributed by atoms with E-state index in [0.717, 1.165) is 36.7 Å². The summed E-state index contributed by atoms with van der Waals surface area (Å²) >= 11 is 0. The summed E-state index contributed by atoms with van der Waals surface area (Å²) in [6.45, 7) is 7.35. The lowest BCUT2D eigenvalue weighted by Gasteiger charge is -2.23. The van der Waals surface area contributed by atoms with Crippen molar-refractivity contribution in [3.8, 4) is 11.4 Å². The first-order valence-corrected chi connectivity index (χ1v) is 8.71. The number of hydrogen-bond donors (Lipinski definition) is 2. The maximum Gasteiger partial charge on any atom is 0.161 e. The fourth-order valence-electron chi connectivity index (χ4n) is 2.92. The molecule has 24 heavy (non-hydrogen) atoms. The molecule has 128 valence electrons. The molecule has 0 amide bonds. The highest BCUT2D eigenvalue weighted by molar-refractivity contribution is 5.57. The van der Waals surface area contributed by atoms with Gasteiger partial charge in [0, 0.05) is 23.9 Å². The van der Waals surface area contributed by atoms with Gasteiger partial charge in [-0.1, -0.05) is 13.8 Å². The van der Waals surface area contributed by atoms with Gasteiger partial charge in [-0.15, -0.1) is 0 Å². The molecule has 0 unspecified atom stereocenters. The van der Waals surface area contributed by atoms with E-state index in [1.165, 1.54) is 25.0 Å². The van der Waals surface area contributed by atoms with Crippen molar-refractivity contribution in [3.05, 3.63) is 41.8 Å². The van der Waals surface area contributed by atoms with Crippen LogP contribution in [0.2, 0.25) is 0 Å². The SMILES string of the molecule is CC(C)c1cc(NCC2CCNCC2)nc(-c2ccc(F)cc2)n1. The number of anilines is 1. The minimum Gasteiger partial charge on any atom is -0.370 e. The first-order valence-electron chi connectivity index (χ1n) is 8.71. The van der Waals surface area contributed by atoms with Crippen molar-refractivity contribution in [2.45, 2.75) is 32.6 Å². The number of nitrogens with one attached hydrogen (secondary N) is 2. The van der Waals surface area contributed by atoms with Crippen LogP contribution in [0.25, 0.3) is 11.4 Å². The number of piperidine rings is 1. The Hall–Kier alpha value is -2.01. The quantitative estimate of drug-likeness (QED) is 0.876. The van der Waals surface area contributed by atoms with E-state index in [0.29, 0.717) is 17.7 Å². The normalized spacial score (nSPS) is 15.7. The summed E-state index contributed by atoms with van der Waals surface area (Å²) in [5.41, 5.74) is 1.83. The molecule has 1 fully saturated rings. The predicted octanol–water partition coefficient (Wildman–Crippen LogP) is 3.82. The van der Waals surface area contributed by atoms with Gasteiger partial charge in [0.15, 0.2) is 5.82 Å². The summed E-state index contributed by atoms with van der Waals surface area (Å²) in [7, 11) is 0. The Kier molecular flexibility index (Phi) is 5.41. The molecule has 2 aromatic rings. The molecule has 1 aromatic heterocycles. The highest BCUT2D eigenvalue weighted by Crippen LogP contribution is 2.23. The van der Waals surface area contributed by atoms with E-state index in [1.807, 2.05) is 6.07 Å². The number of benzene rings is 1.